The molecule has 1 aromatic carbocycles. The maximum Gasteiger partial charge on any atom is 0.161 e. The molecule has 0 aromatic heterocycles. The topological polar surface area (TPSA) is 54.3 Å². The summed E-state index contributed by atoms with van der Waals surface area (Å²) in [7, 11) is 3.22. The molecular weight excluding hydrogens is 228 g/mol. The summed E-state index contributed by atoms with van der Waals surface area (Å²) in [5, 5.41) is 12.7. The van der Waals surface area contributed by atoms with Crippen LogP contribution in [0.2, 0.25) is 0 Å². The first kappa shape index (κ1) is 12.7. The van der Waals surface area contributed by atoms with E-state index in [-0.39, 0.29) is 5.92 Å². The van der Waals surface area contributed by atoms with E-state index in [1.807, 2.05) is 18.2 Å². The minimum absolute atomic E-state index is 0.0835. The van der Waals surface area contributed by atoms with Gasteiger partial charge in [-0.1, -0.05) is 6.07 Å². The number of nitrogens with one attached hydrogen (secondary N) is 1. The van der Waals surface area contributed by atoms with Gasteiger partial charge < -0.3 is 14.8 Å². The van der Waals surface area contributed by atoms with Gasteiger partial charge in [-0.25, -0.2) is 0 Å². The molecule has 2 rings (SSSR count). The highest BCUT2D eigenvalue weighted by Crippen LogP contribution is 2.34. The number of benzene rings is 1. The predicted octanol–water partition coefficient (Wildman–Crippen LogP) is 1.92. The lowest BCUT2D eigenvalue weighted by Gasteiger charge is -2.17. The second-order valence-corrected chi connectivity index (χ2v) is 4.47. The smallest absolute Gasteiger partial charge is 0.161 e. The highest BCUT2D eigenvalue weighted by molar-refractivity contribution is 5.45. The van der Waals surface area contributed by atoms with E-state index in [0.717, 1.165) is 25.1 Å². The summed E-state index contributed by atoms with van der Waals surface area (Å²) in [5.74, 6) is 1.68. The Hall–Kier alpha value is -1.73. The van der Waals surface area contributed by atoms with Crippen molar-refractivity contribution in [1.29, 1.82) is 5.26 Å². The molecule has 0 saturated carbocycles. The Morgan fingerprint density at radius 3 is 2.67 bits per heavy atom. The molecule has 1 aliphatic rings. The zero-order valence-electron chi connectivity index (χ0n) is 10.8. The van der Waals surface area contributed by atoms with Gasteiger partial charge in [-0.15, -0.1) is 0 Å². The maximum absolute atomic E-state index is 9.38. The van der Waals surface area contributed by atoms with E-state index < -0.39 is 0 Å². The Labute approximate surface area is 108 Å². The van der Waals surface area contributed by atoms with Crippen LogP contribution in [0.1, 0.15) is 17.9 Å². The van der Waals surface area contributed by atoms with Crippen LogP contribution in [0.4, 0.5) is 0 Å². The van der Waals surface area contributed by atoms with Gasteiger partial charge in [-0.2, -0.15) is 5.26 Å². The van der Waals surface area contributed by atoms with Crippen LogP contribution in [0.5, 0.6) is 11.5 Å². The summed E-state index contributed by atoms with van der Waals surface area (Å²) >= 11 is 0. The third-order valence-electron chi connectivity index (χ3n) is 3.48. The largest absolute Gasteiger partial charge is 0.493 e. The number of hydrogen-bond donors (Lipinski definition) is 1. The first-order valence-electron chi connectivity index (χ1n) is 6.12. The first-order chi connectivity index (χ1) is 8.80. The lowest BCUT2D eigenvalue weighted by molar-refractivity contribution is 0.354. The van der Waals surface area contributed by atoms with E-state index in [1.54, 1.807) is 14.2 Å². The summed E-state index contributed by atoms with van der Waals surface area (Å²) in [5.41, 5.74) is 1.00. The molecule has 0 radical (unpaired) electrons. The van der Waals surface area contributed by atoms with Crippen LogP contribution in [-0.2, 0) is 0 Å². The number of rotatable bonds is 4. The normalized spacial score (nSPS) is 20.2. The van der Waals surface area contributed by atoms with E-state index in [0.29, 0.717) is 17.4 Å². The summed E-state index contributed by atoms with van der Waals surface area (Å²) in [6, 6.07) is 8.13. The standard InChI is InChI=1S/C14H18N2O2/c1-17-13-4-3-10(7-14(13)18-2)12(8-15)11-5-6-16-9-11/h3-4,7,11-12,16H,5-6,9H2,1-2H3. The highest BCUT2D eigenvalue weighted by atomic mass is 16.5. The molecule has 1 aromatic rings. The second-order valence-electron chi connectivity index (χ2n) is 4.47. The lowest BCUT2D eigenvalue weighted by Crippen LogP contribution is -2.15. The van der Waals surface area contributed by atoms with Gasteiger partial charge >= 0.3 is 0 Å². The molecule has 1 fully saturated rings. The molecule has 0 amide bonds. The number of methoxy groups -OCH3 is 2. The van der Waals surface area contributed by atoms with Crippen molar-refractivity contribution in [1.82, 2.24) is 5.32 Å². The van der Waals surface area contributed by atoms with E-state index in [1.165, 1.54) is 0 Å². The van der Waals surface area contributed by atoms with Gasteiger partial charge in [0.1, 0.15) is 0 Å². The molecular formula is C14H18N2O2. The van der Waals surface area contributed by atoms with Crippen LogP contribution < -0.4 is 14.8 Å². The molecule has 1 saturated heterocycles. The fourth-order valence-electron chi connectivity index (χ4n) is 2.46. The molecule has 4 nitrogen and oxygen atoms in total. The van der Waals surface area contributed by atoms with Crippen LogP contribution in [0, 0.1) is 17.2 Å². The van der Waals surface area contributed by atoms with Crippen molar-refractivity contribution in [3.05, 3.63) is 23.8 Å². The van der Waals surface area contributed by atoms with Gasteiger partial charge in [0.2, 0.25) is 0 Å². The monoisotopic (exact) mass is 246 g/mol. The van der Waals surface area contributed by atoms with E-state index in [9.17, 15) is 5.26 Å². The second kappa shape index (κ2) is 5.74. The Morgan fingerprint density at radius 2 is 2.11 bits per heavy atom. The molecule has 2 unspecified atom stereocenters. The van der Waals surface area contributed by atoms with Crippen LogP contribution in [-0.4, -0.2) is 27.3 Å². The van der Waals surface area contributed by atoms with Gasteiger partial charge in [0.15, 0.2) is 11.5 Å². The molecule has 0 aliphatic carbocycles. The summed E-state index contributed by atoms with van der Waals surface area (Å²) in [6.07, 6.45) is 1.05. The van der Waals surface area contributed by atoms with Crippen molar-refractivity contribution in [2.75, 3.05) is 27.3 Å². The summed E-state index contributed by atoms with van der Waals surface area (Å²) in [6.45, 7) is 1.91. The zero-order chi connectivity index (χ0) is 13.0. The average Bonchev–Trinajstić information content (AvgIpc) is 2.93. The average molecular weight is 246 g/mol. The Bertz CT molecular complexity index is 448. The number of nitrogens with zero attached hydrogens (tertiary/aromatic N) is 1. The van der Waals surface area contributed by atoms with E-state index >= 15 is 0 Å². The third kappa shape index (κ3) is 2.41. The van der Waals surface area contributed by atoms with Gasteiger partial charge in [0, 0.05) is 0 Å². The molecule has 0 bridgehead atoms. The number of nitriles is 1. The fraction of sp³-hybridized carbons (Fsp3) is 0.500. The summed E-state index contributed by atoms with van der Waals surface area (Å²) in [4.78, 5) is 0. The molecule has 1 aliphatic heterocycles. The van der Waals surface area contributed by atoms with Crippen LogP contribution >= 0.6 is 0 Å². The SMILES string of the molecule is COc1ccc(C(C#N)C2CCNC2)cc1OC. The maximum atomic E-state index is 9.38. The number of hydrogen-bond acceptors (Lipinski definition) is 4. The van der Waals surface area contributed by atoms with Crippen molar-refractivity contribution < 1.29 is 9.47 Å². The third-order valence-corrected chi connectivity index (χ3v) is 3.48. The molecule has 1 heterocycles. The van der Waals surface area contributed by atoms with E-state index in [2.05, 4.69) is 11.4 Å². The Balaban J connectivity index is 2.28. The minimum atomic E-state index is -0.0835. The Morgan fingerprint density at radius 1 is 1.33 bits per heavy atom. The number of ether oxygens (including phenoxy) is 2. The first-order valence-corrected chi connectivity index (χ1v) is 6.12. The molecule has 4 heteroatoms. The van der Waals surface area contributed by atoms with Crippen LogP contribution in [0.15, 0.2) is 18.2 Å². The molecule has 0 spiro atoms. The van der Waals surface area contributed by atoms with E-state index in [4.69, 9.17) is 9.47 Å². The molecule has 1 N–H and O–H groups in total. The van der Waals surface area contributed by atoms with Crippen molar-refractivity contribution in [2.24, 2.45) is 5.92 Å². The lowest BCUT2D eigenvalue weighted by atomic mass is 9.86. The summed E-state index contributed by atoms with van der Waals surface area (Å²) < 4.78 is 10.5. The van der Waals surface area contributed by atoms with Crippen molar-refractivity contribution >= 4 is 0 Å². The van der Waals surface area contributed by atoms with Crippen LogP contribution in [0.3, 0.4) is 0 Å². The van der Waals surface area contributed by atoms with Gasteiger partial charge in [0.25, 0.3) is 0 Å². The fourth-order valence-corrected chi connectivity index (χ4v) is 2.46. The molecule has 18 heavy (non-hydrogen) atoms. The highest BCUT2D eigenvalue weighted by Gasteiger charge is 2.26. The Kier molecular flexibility index (Phi) is 4.06. The van der Waals surface area contributed by atoms with Gasteiger partial charge in [-0.05, 0) is 43.1 Å². The van der Waals surface area contributed by atoms with Crippen molar-refractivity contribution in [2.45, 2.75) is 12.3 Å². The quantitative estimate of drug-likeness (QED) is 0.882. The predicted molar refractivity (Wildman–Crippen MR) is 68.9 cm³/mol. The van der Waals surface area contributed by atoms with Crippen LogP contribution in [0.25, 0.3) is 0 Å². The van der Waals surface area contributed by atoms with Gasteiger partial charge in [0.05, 0.1) is 26.2 Å². The molecule has 2 atom stereocenters. The van der Waals surface area contributed by atoms with Gasteiger partial charge in [-0.3, -0.25) is 0 Å². The van der Waals surface area contributed by atoms with Crippen molar-refractivity contribution in [3.8, 4) is 17.6 Å². The minimum Gasteiger partial charge on any atom is -0.493 e. The van der Waals surface area contributed by atoms with Crippen molar-refractivity contribution in [3.63, 3.8) is 0 Å². The molecule has 96 valence electrons. The zero-order valence-corrected chi connectivity index (χ0v) is 10.8.